The van der Waals surface area contributed by atoms with Gasteiger partial charge >= 0.3 is 5.69 Å². The van der Waals surface area contributed by atoms with Crippen molar-refractivity contribution in [1.29, 1.82) is 0 Å². The molecule has 1 saturated carbocycles. The van der Waals surface area contributed by atoms with E-state index in [1.165, 1.54) is 24.1 Å². The largest absolute Gasteiger partial charge is 0.326 e. The van der Waals surface area contributed by atoms with Gasteiger partial charge in [0.15, 0.2) is 0 Å². The fraction of sp³-hybridized carbons (Fsp3) is 0.667. The Kier molecular flexibility index (Phi) is 2.46. The van der Waals surface area contributed by atoms with Crippen molar-refractivity contribution in [3.63, 3.8) is 0 Å². The zero-order chi connectivity index (χ0) is 11.1. The molecule has 1 heterocycles. The van der Waals surface area contributed by atoms with Gasteiger partial charge in [0, 0.05) is 17.3 Å². The van der Waals surface area contributed by atoms with E-state index in [-0.39, 0.29) is 5.69 Å². The summed E-state index contributed by atoms with van der Waals surface area (Å²) in [6, 6.07) is 0.422. The van der Waals surface area contributed by atoms with E-state index in [1.807, 2.05) is 4.57 Å². The second-order valence-electron chi connectivity index (χ2n) is 4.85. The maximum Gasteiger partial charge on any atom is 0.326 e. The van der Waals surface area contributed by atoms with Crippen LogP contribution in [0.1, 0.15) is 49.4 Å². The summed E-state index contributed by atoms with van der Waals surface area (Å²) in [7, 11) is 0. The highest BCUT2D eigenvalue weighted by molar-refractivity contribution is 7.71. The average Bonchev–Trinajstić information content (AvgIpc) is 2.86. The topological polar surface area (TPSA) is 37.8 Å². The Morgan fingerprint density at radius 1 is 1.19 bits per heavy atom. The van der Waals surface area contributed by atoms with E-state index in [0.29, 0.717) is 10.7 Å². The molecule has 2 aliphatic rings. The summed E-state index contributed by atoms with van der Waals surface area (Å²) in [5, 5.41) is 0. The lowest BCUT2D eigenvalue weighted by Gasteiger charge is -2.17. The quantitative estimate of drug-likeness (QED) is 0.761. The van der Waals surface area contributed by atoms with Crippen molar-refractivity contribution in [1.82, 2.24) is 9.55 Å². The smallest absolute Gasteiger partial charge is 0.298 e. The minimum Gasteiger partial charge on any atom is -0.298 e. The molecule has 4 heteroatoms. The molecule has 0 spiro atoms. The van der Waals surface area contributed by atoms with Gasteiger partial charge in [0.25, 0.3) is 0 Å². The molecule has 2 aliphatic carbocycles. The predicted octanol–water partition coefficient (Wildman–Crippen LogP) is 2.51. The predicted molar refractivity (Wildman–Crippen MR) is 65.4 cm³/mol. The molecule has 0 aromatic carbocycles. The molecule has 16 heavy (non-hydrogen) atoms. The summed E-state index contributed by atoms with van der Waals surface area (Å²) in [6.07, 6.45) is 8.01. The highest BCUT2D eigenvalue weighted by Gasteiger charge is 2.25. The summed E-state index contributed by atoms with van der Waals surface area (Å²) in [5.74, 6) is 0. The molecule has 0 saturated heterocycles. The summed E-state index contributed by atoms with van der Waals surface area (Å²) in [4.78, 5) is 14.9. The van der Waals surface area contributed by atoms with Gasteiger partial charge in [-0.1, -0.05) is 25.1 Å². The summed E-state index contributed by atoms with van der Waals surface area (Å²) >= 11 is 5.23. The van der Waals surface area contributed by atoms with Crippen LogP contribution in [-0.2, 0) is 12.8 Å². The molecule has 0 aliphatic heterocycles. The fourth-order valence-electron chi connectivity index (χ4n) is 3.14. The van der Waals surface area contributed by atoms with Crippen molar-refractivity contribution in [3.8, 4) is 0 Å². The van der Waals surface area contributed by atoms with Crippen molar-refractivity contribution in [2.24, 2.45) is 0 Å². The maximum absolute atomic E-state index is 12.0. The molecule has 1 aromatic rings. The Labute approximate surface area is 99.5 Å². The van der Waals surface area contributed by atoms with E-state index in [1.54, 1.807) is 0 Å². The molecule has 0 unspecified atom stereocenters. The first-order valence-corrected chi connectivity index (χ1v) is 6.55. The molecular weight excluding hydrogens is 220 g/mol. The third-order valence-electron chi connectivity index (χ3n) is 3.88. The first kappa shape index (κ1) is 10.3. The summed E-state index contributed by atoms with van der Waals surface area (Å²) < 4.78 is 2.68. The number of aromatic amines is 1. The Balaban J connectivity index is 2.20. The van der Waals surface area contributed by atoms with Crippen LogP contribution < -0.4 is 5.69 Å². The minimum atomic E-state index is 0.0116. The van der Waals surface area contributed by atoms with Crippen LogP contribution >= 0.6 is 12.2 Å². The fourth-order valence-corrected chi connectivity index (χ4v) is 3.45. The highest BCUT2D eigenvalue weighted by Crippen LogP contribution is 2.32. The Morgan fingerprint density at radius 3 is 2.69 bits per heavy atom. The van der Waals surface area contributed by atoms with Crippen molar-refractivity contribution >= 4 is 12.2 Å². The van der Waals surface area contributed by atoms with Crippen LogP contribution in [0.3, 0.4) is 0 Å². The van der Waals surface area contributed by atoms with E-state index < -0.39 is 0 Å². The maximum atomic E-state index is 12.0. The second kappa shape index (κ2) is 3.84. The van der Waals surface area contributed by atoms with Gasteiger partial charge in [-0.05, 0) is 32.1 Å². The SMILES string of the molecule is O=c1[nH]c(=S)c2c(n1C1CCCC1)CCC2. The number of hydrogen-bond acceptors (Lipinski definition) is 2. The molecule has 86 valence electrons. The number of hydrogen-bond donors (Lipinski definition) is 1. The Bertz CT molecular complexity index is 523. The monoisotopic (exact) mass is 236 g/mol. The van der Waals surface area contributed by atoms with Gasteiger partial charge < -0.3 is 0 Å². The van der Waals surface area contributed by atoms with E-state index in [0.717, 1.165) is 32.1 Å². The summed E-state index contributed by atoms with van der Waals surface area (Å²) in [6.45, 7) is 0. The second-order valence-corrected chi connectivity index (χ2v) is 5.25. The van der Waals surface area contributed by atoms with Crippen molar-refractivity contribution in [2.45, 2.75) is 51.0 Å². The van der Waals surface area contributed by atoms with Crippen LogP contribution in [0.5, 0.6) is 0 Å². The van der Waals surface area contributed by atoms with Gasteiger partial charge in [-0.25, -0.2) is 4.79 Å². The molecule has 1 N–H and O–H groups in total. The molecule has 0 radical (unpaired) electrons. The van der Waals surface area contributed by atoms with Crippen LogP contribution in [0.15, 0.2) is 4.79 Å². The third-order valence-corrected chi connectivity index (χ3v) is 4.23. The first-order chi connectivity index (χ1) is 7.77. The number of rotatable bonds is 1. The zero-order valence-corrected chi connectivity index (χ0v) is 10.1. The molecule has 1 aromatic heterocycles. The lowest BCUT2D eigenvalue weighted by Crippen LogP contribution is -2.29. The van der Waals surface area contributed by atoms with Gasteiger partial charge in [0.1, 0.15) is 4.64 Å². The number of nitrogens with one attached hydrogen (secondary N) is 1. The standard InChI is InChI=1S/C12H16N2OS/c15-12-13-11(16)9-6-3-7-10(9)14(12)8-4-1-2-5-8/h8H,1-7H2,(H,13,15,16). The van der Waals surface area contributed by atoms with Gasteiger partial charge in [0.2, 0.25) is 0 Å². The van der Waals surface area contributed by atoms with E-state index in [2.05, 4.69) is 4.98 Å². The van der Waals surface area contributed by atoms with Gasteiger partial charge in [-0.15, -0.1) is 0 Å². The third kappa shape index (κ3) is 1.47. The molecule has 0 amide bonds. The average molecular weight is 236 g/mol. The number of aromatic nitrogens is 2. The van der Waals surface area contributed by atoms with Crippen LogP contribution in [0.25, 0.3) is 0 Å². The number of nitrogens with zero attached hydrogens (tertiary/aromatic N) is 1. The van der Waals surface area contributed by atoms with Crippen LogP contribution in [0.4, 0.5) is 0 Å². The zero-order valence-electron chi connectivity index (χ0n) is 9.29. The van der Waals surface area contributed by atoms with Gasteiger partial charge in [-0.2, -0.15) is 0 Å². The van der Waals surface area contributed by atoms with Crippen molar-refractivity contribution in [3.05, 3.63) is 26.4 Å². The van der Waals surface area contributed by atoms with E-state index in [4.69, 9.17) is 12.2 Å². The van der Waals surface area contributed by atoms with E-state index in [9.17, 15) is 4.79 Å². The Hall–Kier alpha value is -0.900. The summed E-state index contributed by atoms with van der Waals surface area (Å²) in [5.41, 5.74) is 2.46. The lowest BCUT2D eigenvalue weighted by atomic mass is 10.2. The van der Waals surface area contributed by atoms with Gasteiger partial charge in [0.05, 0.1) is 0 Å². The molecular formula is C12H16N2OS. The molecule has 3 nitrogen and oxygen atoms in total. The molecule has 3 rings (SSSR count). The minimum absolute atomic E-state index is 0.0116. The molecule has 0 atom stereocenters. The van der Waals surface area contributed by atoms with Gasteiger partial charge in [-0.3, -0.25) is 9.55 Å². The first-order valence-electron chi connectivity index (χ1n) is 6.14. The van der Waals surface area contributed by atoms with Crippen LogP contribution in [0.2, 0.25) is 0 Å². The molecule has 1 fully saturated rings. The number of fused-ring (bicyclic) bond motifs is 1. The van der Waals surface area contributed by atoms with Crippen LogP contribution in [-0.4, -0.2) is 9.55 Å². The normalized spacial score (nSPS) is 20.2. The number of H-pyrrole nitrogens is 1. The van der Waals surface area contributed by atoms with E-state index >= 15 is 0 Å². The van der Waals surface area contributed by atoms with Crippen molar-refractivity contribution in [2.75, 3.05) is 0 Å². The highest BCUT2D eigenvalue weighted by atomic mass is 32.1. The van der Waals surface area contributed by atoms with Crippen LogP contribution in [0, 0.1) is 4.64 Å². The molecule has 0 bridgehead atoms. The lowest BCUT2D eigenvalue weighted by molar-refractivity contribution is 0.475. The van der Waals surface area contributed by atoms with Crippen molar-refractivity contribution < 1.29 is 0 Å². The Morgan fingerprint density at radius 2 is 1.94 bits per heavy atom.